The number of aryl methyl sites for hydroxylation is 2. The lowest BCUT2D eigenvalue weighted by atomic mass is 9.99. The summed E-state index contributed by atoms with van der Waals surface area (Å²) in [6.45, 7) is 5.55. The van der Waals surface area contributed by atoms with Crippen LogP contribution in [0.4, 0.5) is 0 Å². The number of hydrogen-bond donors (Lipinski definition) is 2. The molecule has 1 fully saturated rings. The molecule has 1 aliphatic rings. The van der Waals surface area contributed by atoms with E-state index in [1.807, 2.05) is 26.0 Å². The number of likely N-dealkylation sites (N-methyl/N-ethyl adjacent to an activating group) is 1. The van der Waals surface area contributed by atoms with Gasteiger partial charge in [-0.05, 0) is 49.9 Å². The Hall–Kier alpha value is -1.55. The number of phenols is 1. The normalized spacial score (nSPS) is 19.9. The molecule has 4 heteroatoms. The fourth-order valence-electron chi connectivity index (χ4n) is 3.02. The highest BCUT2D eigenvalue weighted by molar-refractivity contribution is 5.81. The molecule has 1 aliphatic heterocycles. The molecule has 1 atom stereocenters. The molecule has 1 saturated heterocycles. The number of hydrogen-bond acceptors (Lipinski definition) is 3. The van der Waals surface area contributed by atoms with Gasteiger partial charge in [0.2, 0.25) is 5.91 Å². The first-order valence-corrected chi connectivity index (χ1v) is 7.27. The Morgan fingerprint density at radius 2 is 2.00 bits per heavy atom. The Bertz CT molecular complexity index is 476. The fraction of sp³-hybridized carbons (Fsp3) is 0.562. The van der Waals surface area contributed by atoms with Crippen LogP contribution < -0.4 is 5.32 Å². The van der Waals surface area contributed by atoms with Crippen LogP contribution in [-0.2, 0) is 11.3 Å². The molecule has 110 valence electrons. The van der Waals surface area contributed by atoms with Crippen molar-refractivity contribution in [2.24, 2.45) is 0 Å². The lowest BCUT2D eigenvalue weighted by molar-refractivity contribution is -0.127. The van der Waals surface area contributed by atoms with Crippen molar-refractivity contribution in [3.63, 3.8) is 0 Å². The molecule has 1 aromatic carbocycles. The van der Waals surface area contributed by atoms with Crippen molar-refractivity contribution in [1.29, 1.82) is 0 Å². The predicted molar refractivity (Wildman–Crippen MR) is 79.7 cm³/mol. The van der Waals surface area contributed by atoms with Gasteiger partial charge in [0.15, 0.2) is 0 Å². The van der Waals surface area contributed by atoms with E-state index in [0.29, 0.717) is 5.75 Å². The highest BCUT2D eigenvalue weighted by Gasteiger charge is 2.27. The van der Waals surface area contributed by atoms with Gasteiger partial charge in [0.1, 0.15) is 5.75 Å². The number of benzene rings is 1. The zero-order chi connectivity index (χ0) is 14.7. The van der Waals surface area contributed by atoms with Crippen molar-refractivity contribution in [2.75, 3.05) is 13.6 Å². The van der Waals surface area contributed by atoms with Crippen molar-refractivity contribution in [3.05, 3.63) is 28.8 Å². The van der Waals surface area contributed by atoms with Gasteiger partial charge >= 0.3 is 0 Å². The molecule has 0 radical (unpaired) electrons. The van der Waals surface area contributed by atoms with E-state index in [0.717, 1.165) is 49.0 Å². The van der Waals surface area contributed by atoms with Crippen LogP contribution in [0.25, 0.3) is 0 Å². The van der Waals surface area contributed by atoms with Crippen LogP contribution in [0.5, 0.6) is 5.75 Å². The van der Waals surface area contributed by atoms with Gasteiger partial charge in [-0.1, -0.05) is 18.6 Å². The van der Waals surface area contributed by atoms with Crippen LogP contribution in [0.3, 0.4) is 0 Å². The highest BCUT2D eigenvalue weighted by atomic mass is 16.3. The number of aromatic hydroxyl groups is 1. The maximum absolute atomic E-state index is 12.0. The molecule has 0 aromatic heterocycles. The first-order valence-electron chi connectivity index (χ1n) is 7.27. The van der Waals surface area contributed by atoms with E-state index in [-0.39, 0.29) is 11.9 Å². The van der Waals surface area contributed by atoms with E-state index in [1.165, 1.54) is 0 Å². The Labute approximate surface area is 120 Å². The summed E-state index contributed by atoms with van der Waals surface area (Å²) in [6.07, 6.45) is 3.18. The zero-order valence-electron chi connectivity index (χ0n) is 12.6. The van der Waals surface area contributed by atoms with E-state index in [1.54, 1.807) is 7.05 Å². The number of likely N-dealkylation sites (tertiary alicyclic amines) is 1. The van der Waals surface area contributed by atoms with Crippen LogP contribution >= 0.6 is 0 Å². The summed E-state index contributed by atoms with van der Waals surface area (Å²) >= 11 is 0. The maximum atomic E-state index is 12.0. The summed E-state index contributed by atoms with van der Waals surface area (Å²) in [4.78, 5) is 14.2. The Morgan fingerprint density at radius 3 is 2.60 bits per heavy atom. The summed E-state index contributed by atoms with van der Waals surface area (Å²) < 4.78 is 0. The number of carbonyl (C=O) groups excluding carboxylic acids is 1. The minimum Gasteiger partial charge on any atom is -0.507 e. The first kappa shape index (κ1) is 14.9. The molecule has 1 unspecified atom stereocenters. The number of piperidine rings is 1. The van der Waals surface area contributed by atoms with Crippen LogP contribution in [0.1, 0.15) is 36.0 Å². The predicted octanol–water partition coefficient (Wildman–Crippen LogP) is 2.11. The molecule has 0 saturated carbocycles. The SMILES string of the molecule is CNC(=O)C1CCCCN1Cc1cc(C)c(O)c(C)c1. The number of nitrogens with one attached hydrogen (secondary N) is 1. The number of nitrogens with zero attached hydrogens (tertiary/aromatic N) is 1. The largest absolute Gasteiger partial charge is 0.507 e. The lowest BCUT2D eigenvalue weighted by Crippen LogP contribution is -2.48. The van der Waals surface area contributed by atoms with Gasteiger partial charge in [-0.3, -0.25) is 9.69 Å². The third-order valence-corrected chi connectivity index (χ3v) is 4.10. The van der Waals surface area contributed by atoms with Gasteiger partial charge in [-0.15, -0.1) is 0 Å². The van der Waals surface area contributed by atoms with E-state index in [9.17, 15) is 9.90 Å². The smallest absolute Gasteiger partial charge is 0.237 e. The topological polar surface area (TPSA) is 52.6 Å². The lowest BCUT2D eigenvalue weighted by Gasteiger charge is -2.34. The molecule has 2 N–H and O–H groups in total. The van der Waals surface area contributed by atoms with E-state index < -0.39 is 0 Å². The number of carbonyl (C=O) groups is 1. The van der Waals surface area contributed by atoms with Crippen molar-refractivity contribution in [2.45, 2.75) is 45.7 Å². The molecule has 20 heavy (non-hydrogen) atoms. The zero-order valence-corrected chi connectivity index (χ0v) is 12.6. The number of amides is 1. The molecule has 1 aromatic rings. The molecule has 1 heterocycles. The van der Waals surface area contributed by atoms with Crippen molar-refractivity contribution in [1.82, 2.24) is 10.2 Å². The summed E-state index contributed by atoms with van der Waals surface area (Å²) in [5.41, 5.74) is 2.95. The molecule has 0 spiro atoms. The first-order chi connectivity index (χ1) is 9.52. The average Bonchev–Trinajstić information content (AvgIpc) is 2.44. The Balaban J connectivity index is 2.16. The minimum absolute atomic E-state index is 0.0248. The van der Waals surface area contributed by atoms with E-state index >= 15 is 0 Å². The number of phenolic OH excluding ortho intramolecular Hbond substituents is 1. The molecule has 4 nitrogen and oxygen atoms in total. The van der Waals surface area contributed by atoms with Crippen LogP contribution in [0.2, 0.25) is 0 Å². The fourth-order valence-corrected chi connectivity index (χ4v) is 3.02. The third-order valence-electron chi connectivity index (χ3n) is 4.10. The molecular formula is C16H24N2O2. The average molecular weight is 276 g/mol. The molecule has 1 amide bonds. The summed E-state index contributed by atoms with van der Waals surface area (Å²) in [5.74, 6) is 0.479. The molecular weight excluding hydrogens is 252 g/mol. The van der Waals surface area contributed by atoms with E-state index in [4.69, 9.17) is 0 Å². The van der Waals surface area contributed by atoms with Crippen LogP contribution in [-0.4, -0.2) is 35.5 Å². The van der Waals surface area contributed by atoms with Crippen molar-refractivity contribution in [3.8, 4) is 5.75 Å². The van der Waals surface area contributed by atoms with Gasteiger partial charge in [0.05, 0.1) is 6.04 Å². The quantitative estimate of drug-likeness (QED) is 0.889. The van der Waals surface area contributed by atoms with Gasteiger partial charge in [-0.25, -0.2) is 0 Å². The maximum Gasteiger partial charge on any atom is 0.237 e. The summed E-state index contributed by atoms with van der Waals surface area (Å²) in [5, 5.41) is 12.6. The second-order valence-electron chi connectivity index (χ2n) is 5.67. The second-order valence-corrected chi connectivity index (χ2v) is 5.67. The standard InChI is InChI=1S/C16H24N2O2/c1-11-8-13(9-12(2)15(11)19)10-18-7-5-4-6-14(18)16(20)17-3/h8-9,14,19H,4-7,10H2,1-3H3,(H,17,20). The van der Waals surface area contributed by atoms with Gasteiger partial charge in [-0.2, -0.15) is 0 Å². The van der Waals surface area contributed by atoms with Gasteiger partial charge < -0.3 is 10.4 Å². The van der Waals surface area contributed by atoms with Gasteiger partial charge in [0.25, 0.3) is 0 Å². The third kappa shape index (κ3) is 3.12. The highest BCUT2D eigenvalue weighted by Crippen LogP contribution is 2.25. The summed E-state index contributed by atoms with van der Waals surface area (Å²) in [7, 11) is 1.70. The monoisotopic (exact) mass is 276 g/mol. The molecule has 2 rings (SSSR count). The van der Waals surface area contributed by atoms with Crippen LogP contribution in [0.15, 0.2) is 12.1 Å². The minimum atomic E-state index is -0.0248. The molecule has 0 bridgehead atoms. The van der Waals surface area contributed by atoms with Crippen molar-refractivity contribution < 1.29 is 9.90 Å². The summed E-state index contributed by atoms with van der Waals surface area (Å²) in [6, 6.07) is 4.00. The number of rotatable bonds is 3. The van der Waals surface area contributed by atoms with Crippen molar-refractivity contribution >= 4 is 5.91 Å². The van der Waals surface area contributed by atoms with Gasteiger partial charge in [0, 0.05) is 13.6 Å². The van der Waals surface area contributed by atoms with Crippen LogP contribution in [0, 0.1) is 13.8 Å². The Kier molecular flexibility index (Phi) is 4.65. The molecule has 0 aliphatic carbocycles. The second kappa shape index (κ2) is 6.27. The van der Waals surface area contributed by atoms with E-state index in [2.05, 4.69) is 10.2 Å². The Morgan fingerprint density at radius 1 is 1.35 bits per heavy atom.